The van der Waals surface area contributed by atoms with Gasteiger partial charge in [0.2, 0.25) is 0 Å². The van der Waals surface area contributed by atoms with Crippen LogP contribution in [0.15, 0.2) is 5.51 Å². The van der Waals surface area contributed by atoms with Crippen LogP contribution in [0.3, 0.4) is 0 Å². The topological polar surface area (TPSA) is 12.9 Å². The van der Waals surface area contributed by atoms with E-state index in [9.17, 15) is 0 Å². The first-order valence-corrected chi connectivity index (χ1v) is 6.28. The van der Waals surface area contributed by atoms with Gasteiger partial charge in [-0.1, -0.05) is 25.7 Å². The van der Waals surface area contributed by atoms with Gasteiger partial charge in [-0.3, -0.25) is 0 Å². The van der Waals surface area contributed by atoms with Crippen molar-refractivity contribution in [2.24, 2.45) is 0 Å². The maximum atomic E-state index is 4.48. The predicted molar refractivity (Wildman–Crippen MR) is 55.3 cm³/mol. The van der Waals surface area contributed by atoms with Gasteiger partial charge >= 0.3 is 0 Å². The Morgan fingerprint density at radius 1 is 1.08 bits per heavy atom. The Kier molecular flexibility index (Phi) is 1.90. The second-order valence-electron chi connectivity index (χ2n) is 4.31. The summed E-state index contributed by atoms with van der Waals surface area (Å²) < 4.78 is 0. The number of aromatic nitrogens is 1. The fourth-order valence-corrected chi connectivity index (χ4v) is 3.91. The van der Waals surface area contributed by atoms with E-state index in [4.69, 9.17) is 0 Å². The van der Waals surface area contributed by atoms with E-state index in [0.717, 1.165) is 11.8 Å². The molecule has 2 atom stereocenters. The normalized spacial score (nSPS) is 32.3. The fourth-order valence-electron chi connectivity index (χ4n) is 2.85. The lowest BCUT2D eigenvalue weighted by Gasteiger charge is -2.36. The van der Waals surface area contributed by atoms with E-state index >= 15 is 0 Å². The Bertz CT molecular complexity index is 276. The fraction of sp³-hybridized carbons (Fsp3) is 0.727. The van der Waals surface area contributed by atoms with Gasteiger partial charge in [-0.25, -0.2) is 4.98 Å². The molecule has 2 aliphatic carbocycles. The van der Waals surface area contributed by atoms with Crippen molar-refractivity contribution in [2.45, 2.75) is 50.4 Å². The molecule has 70 valence electrons. The number of hydrogen-bond acceptors (Lipinski definition) is 2. The number of nitrogens with zero attached hydrogens (tertiary/aromatic N) is 1. The highest BCUT2D eigenvalue weighted by Gasteiger charge is 2.39. The van der Waals surface area contributed by atoms with Gasteiger partial charge < -0.3 is 0 Å². The Morgan fingerprint density at radius 2 is 1.85 bits per heavy atom. The highest BCUT2D eigenvalue weighted by Crippen LogP contribution is 2.53. The van der Waals surface area contributed by atoms with Gasteiger partial charge in [0.05, 0.1) is 11.2 Å². The van der Waals surface area contributed by atoms with Crippen LogP contribution in [0, 0.1) is 0 Å². The Hall–Kier alpha value is -0.370. The average molecular weight is 193 g/mol. The van der Waals surface area contributed by atoms with Gasteiger partial charge in [0.1, 0.15) is 0 Å². The Balaban J connectivity index is 1.86. The maximum absolute atomic E-state index is 4.48. The molecule has 2 heteroatoms. The van der Waals surface area contributed by atoms with Crippen molar-refractivity contribution in [3.05, 3.63) is 16.1 Å². The molecule has 0 aliphatic heterocycles. The van der Waals surface area contributed by atoms with Gasteiger partial charge in [-0.15, -0.1) is 11.3 Å². The summed E-state index contributed by atoms with van der Waals surface area (Å²) in [5.74, 6) is 1.75. The predicted octanol–water partition coefficient (Wildman–Crippen LogP) is 3.68. The SMILES string of the molecule is c1nc2c(s1)C1CCCCCCC21. The van der Waals surface area contributed by atoms with Crippen LogP contribution in [0.4, 0.5) is 0 Å². The quantitative estimate of drug-likeness (QED) is 0.612. The number of rotatable bonds is 0. The van der Waals surface area contributed by atoms with Crippen molar-refractivity contribution < 1.29 is 0 Å². The number of hydrogen-bond donors (Lipinski definition) is 0. The molecule has 0 saturated heterocycles. The van der Waals surface area contributed by atoms with Crippen LogP contribution in [0.2, 0.25) is 0 Å². The summed E-state index contributed by atoms with van der Waals surface area (Å²) in [5.41, 5.74) is 3.49. The van der Waals surface area contributed by atoms with E-state index in [1.165, 1.54) is 44.2 Å². The molecule has 0 N–H and O–H groups in total. The molecule has 0 bridgehead atoms. The molecular formula is C11H15NS. The van der Waals surface area contributed by atoms with Crippen LogP contribution in [0.5, 0.6) is 0 Å². The molecule has 0 amide bonds. The third-order valence-electron chi connectivity index (χ3n) is 3.58. The maximum Gasteiger partial charge on any atom is 0.0797 e. The van der Waals surface area contributed by atoms with Crippen molar-refractivity contribution in [3.63, 3.8) is 0 Å². The molecule has 2 unspecified atom stereocenters. The third kappa shape index (κ3) is 1.15. The standard InChI is InChI=1S/C11H15NS/c1-2-4-6-9-8(5-3-1)10-11(9)13-7-12-10/h7-9H,1-6H2. The van der Waals surface area contributed by atoms with E-state index < -0.39 is 0 Å². The van der Waals surface area contributed by atoms with Crippen molar-refractivity contribution in [1.29, 1.82) is 0 Å². The highest BCUT2D eigenvalue weighted by atomic mass is 32.1. The van der Waals surface area contributed by atoms with Gasteiger partial charge in [0.25, 0.3) is 0 Å². The van der Waals surface area contributed by atoms with Crippen LogP contribution in [0.25, 0.3) is 0 Å². The first-order chi connectivity index (χ1) is 6.47. The average Bonchev–Trinajstić information content (AvgIpc) is 2.48. The van der Waals surface area contributed by atoms with Crippen LogP contribution in [-0.2, 0) is 0 Å². The molecule has 0 aromatic carbocycles. The first-order valence-electron chi connectivity index (χ1n) is 5.40. The van der Waals surface area contributed by atoms with Crippen molar-refractivity contribution >= 4 is 11.3 Å². The lowest BCUT2D eigenvalue weighted by Crippen LogP contribution is -2.24. The van der Waals surface area contributed by atoms with Gasteiger partial charge in [-0.2, -0.15) is 0 Å². The van der Waals surface area contributed by atoms with Crippen molar-refractivity contribution in [1.82, 2.24) is 4.98 Å². The van der Waals surface area contributed by atoms with Crippen LogP contribution in [0.1, 0.15) is 60.9 Å². The molecule has 2 aliphatic rings. The molecule has 1 aromatic heterocycles. The smallest absolute Gasteiger partial charge is 0.0797 e. The zero-order chi connectivity index (χ0) is 8.67. The molecular weight excluding hydrogens is 178 g/mol. The lowest BCUT2D eigenvalue weighted by atomic mass is 9.70. The zero-order valence-electron chi connectivity index (χ0n) is 7.83. The van der Waals surface area contributed by atoms with E-state index in [0.29, 0.717) is 0 Å². The van der Waals surface area contributed by atoms with E-state index in [1.807, 2.05) is 16.8 Å². The Morgan fingerprint density at radius 3 is 2.69 bits per heavy atom. The summed E-state index contributed by atoms with van der Waals surface area (Å²) in [6.45, 7) is 0. The Labute approximate surface area is 83.2 Å². The number of thiazole rings is 1. The highest BCUT2D eigenvalue weighted by molar-refractivity contribution is 7.10. The van der Waals surface area contributed by atoms with Crippen LogP contribution < -0.4 is 0 Å². The van der Waals surface area contributed by atoms with Gasteiger partial charge in [0, 0.05) is 16.7 Å². The third-order valence-corrected chi connectivity index (χ3v) is 4.55. The van der Waals surface area contributed by atoms with Crippen LogP contribution in [-0.4, -0.2) is 4.98 Å². The molecule has 0 radical (unpaired) electrons. The molecule has 1 aromatic rings. The summed E-state index contributed by atoms with van der Waals surface area (Å²) in [6.07, 6.45) is 8.61. The molecule has 0 spiro atoms. The minimum Gasteiger partial charge on any atom is -0.249 e. The van der Waals surface area contributed by atoms with Gasteiger partial charge in [-0.05, 0) is 12.8 Å². The second kappa shape index (κ2) is 3.09. The minimum absolute atomic E-state index is 0.849. The summed E-state index contributed by atoms with van der Waals surface area (Å²) in [4.78, 5) is 6.10. The number of fused-ring (bicyclic) bond motifs is 4. The summed E-state index contributed by atoms with van der Waals surface area (Å²) >= 11 is 1.88. The monoisotopic (exact) mass is 193 g/mol. The summed E-state index contributed by atoms with van der Waals surface area (Å²) in [6, 6.07) is 0. The molecule has 3 rings (SSSR count). The lowest BCUT2D eigenvalue weighted by molar-refractivity contribution is 0.362. The van der Waals surface area contributed by atoms with E-state index in [1.54, 1.807) is 4.88 Å². The largest absolute Gasteiger partial charge is 0.249 e. The van der Waals surface area contributed by atoms with Gasteiger partial charge in [0.15, 0.2) is 0 Å². The summed E-state index contributed by atoms with van der Waals surface area (Å²) in [7, 11) is 0. The summed E-state index contributed by atoms with van der Waals surface area (Å²) in [5, 5.41) is 0. The minimum atomic E-state index is 0.849. The molecule has 13 heavy (non-hydrogen) atoms. The second-order valence-corrected chi connectivity index (χ2v) is 5.19. The first kappa shape index (κ1) is 7.98. The molecule has 1 saturated carbocycles. The molecule has 1 heterocycles. The van der Waals surface area contributed by atoms with Crippen molar-refractivity contribution in [3.8, 4) is 0 Å². The molecule has 1 nitrogen and oxygen atoms in total. The van der Waals surface area contributed by atoms with E-state index in [2.05, 4.69) is 4.98 Å². The van der Waals surface area contributed by atoms with E-state index in [-0.39, 0.29) is 0 Å². The zero-order valence-corrected chi connectivity index (χ0v) is 8.65. The van der Waals surface area contributed by atoms with Crippen LogP contribution >= 0.6 is 11.3 Å². The van der Waals surface area contributed by atoms with Crippen molar-refractivity contribution in [2.75, 3.05) is 0 Å². The molecule has 1 fully saturated rings.